The average molecular weight is 292 g/mol. The number of hydrogen-bond acceptors (Lipinski definition) is 3. The summed E-state index contributed by atoms with van der Waals surface area (Å²) in [5.41, 5.74) is 1.24. The molecule has 2 amide bonds. The van der Waals surface area contributed by atoms with Gasteiger partial charge in [-0.15, -0.1) is 0 Å². The van der Waals surface area contributed by atoms with Gasteiger partial charge in [0.05, 0.1) is 12.5 Å². The fourth-order valence-corrected chi connectivity index (χ4v) is 2.42. The number of amides is 2. The van der Waals surface area contributed by atoms with Crippen molar-refractivity contribution in [2.45, 2.75) is 38.3 Å². The Morgan fingerprint density at radius 3 is 2.95 bits per heavy atom. The minimum absolute atomic E-state index is 0.0609. The first kappa shape index (κ1) is 15.3. The van der Waals surface area contributed by atoms with Gasteiger partial charge in [-0.25, -0.2) is 4.79 Å². The number of carboxylic acids is 1. The Morgan fingerprint density at radius 1 is 1.43 bits per heavy atom. The molecule has 1 heterocycles. The molecule has 1 aliphatic heterocycles. The highest BCUT2D eigenvalue weighted by Gasteiger charge is 2.20. The third kappa shape index (κ3) is 5.07. The molecular weight excluding hydrogens is 272 g/mol. The molecule has 1 fully saturated rings. The number of carbonyl (C=O) groups excluding carboxylic acids is 1. The van der Waals surface area contributed by atoms with Crippen LogP contribution in [-0.2, 0) is 16.0 Å². The summed E-state index contributed by atoms with van der Waals surface area (Å²) >= 11 is 0. The van der Waals surface area contributed by atoms with E-state index in [0.29, 0.717) is 17.9 Å². The van der Waals surface area contributed by atoms with E-state index in [1.807, 2.05) is 6.92 Å². The van der Waals surface area contributed by atoms with Crippen molar-refractivity contribution in [1.82, 2.24) is 5.32 Å². The minimum atomic E-state index is -0.896. The van der Waals surface area contributed by atoms with Crippen molar-refractivity contribution in [3.8, 4) is 0 Å². The Balaban J connectivity index is 1.88. The molecule has 3 N–H and O–H groups in total. The first-order valence-electron chi connectivity index (χ1n) is 7.03. The largest absolute Gasteiger partial charge is 0.481 e. The van der Waals surface area contributed by atoms with Crippen LogP contribution >= 0.6 is 0 Å². The maximum absolute atomic E-state index is 11.9. The number of carbonyl (C=O) groups is 2. The van der Waals surface area contributed by atoms with E-state index in [0.717, 1.165) is 12.8 Å². The predicted octanol–water partition coefficient (Wildman–Crippen LogP) is 2.00. The number of nitrogens with one attached hydrogen (secondary N) is 2. The molecule has 1 aromatic rings. The van der Waals surface area contributed by atoms with Gasteiger partial charge in [0.2, 0.25) is 0 Å². The van der Waals surface area contributed by atoms with Gasteiger partial charge in [-0.1, -0.05) is 12.1 Å². The van der Waals surface area contributed by atoms with Crippen molar-refractivity contribution in [1.29, 1.82) is 0 Å². The van der Waals surface area contributed by atoms with Crippen LogP contribution in [-0.4, -0.2) is 35.9 Å². The Morgan fingerprint density at radius 2 is 2.24 bits per heavy atom. The Hall–Kier alpha value is -2.08. The van der Waals surface area contributed by atoms with E-state index in [9.17, 15) is 9.59 Å². The summed E-state index contributed by atoms with van der Waals surface area (Å²) in [5, 5.41) is 14.4. The van der Waals surface area contributed by atoms with Crippen molar-refractivity contribution >= 4 is 17.7 Å². The summed E-state index contributed by atoms with van der Waals surface area (Å²) in [6.07, 6.45) is 1.70. The third-order valence-electron chi connectivity index (χ3n) is 3.36. The smallest absolute Gasteiger partial charge is 0.319 e. The van der Waals surface area contributed by atoms with Crippen molar-refractivity contribution in [2.75, 3.05) is 11.9 Å². The van der Waals surface area contributed by atoms with Crippen LogP contribution in [0.1, 0.15) is 25.3 Å². The molecule has 114 valence electrons. The van der Waals surface area contributed by atoms with Crippen molar-refractivity contribution in [3.05, 3.63) is 29.8 Å². The second kappa shape index (κ2) is 7.08. The Labute approximate surface area is 123 Å². The maximum atomic E-state index is 11.9. The highest BCUT2D eigenvalue weighted by atomic mass is 16.5. The summed E-state index contributed by atoms with van der Waals surface area (Å²) in [5.74, 6) is -0.896. The Bertz CT molecular complexity index is 518. The van der Waals surface area contributed by atoms with Gasteiger partial charge >= 0.3 is 12.0 Å². The number of hydrogen-bond donors (Lipinski definition) is 3. The topological polar surface area (TPSA) is 87.7 Å². The molecule has 0 radical (unpaired) electrons. The number of carboxylic acid groups (broad SMARTS) is 1. The maximum Gasteiger partial charge on any atom is 0.319 e. The van der Waals surface area contributed by atoms with E-state index in [1.165, 1.54) is 0 Å². The summed E-state index contributed by atoms with van der Waals surface area (Å²) < 4.78 is 5.43. The quantitative estimate of drug-likeness (QED) is 0.792. The highest BCUT2D eigenvalue weighted by Crippen LogP contribution is 2.14. The van der Waals surface area contributed by atoms with Crippen molar-refractivity contribution in [2.24, 2.45) is 0 Å². The molecule has 2 rings (SSSR count). The van der Waals surface area contributed by atoms with E-state index in [2.05, 4.69) is 10.6 Å². The molecule has 0 aliphatic carbocycles. The number of ether oxygens (including phenoxy) is 1. The molecule has 0 aromatic heterocycles. The lowest BCUT2D eigenvalue weighted by molar-refractivity contribution is -0.136. The van der Waals surface area contributed by atoms with E-state index in [4.69, 9.17) is 9.84 Å². The van der Waals surface area contributed by atoms with Gasteiger partial charge in [0, 0.05) is 18.3 Å². The van der Waals surface area contributed by atoms with Crippen LogP contribution in [0, 0.1) is 0 Å². The fourth-order valence-electron chi connectivity index (χ4n) is 2.42. The molecule has 0 spiro atoms. The lowest BCUT2D eigenvalue weighted by Crippen LogP contribution is -2.43. The molecule has 1 aliphatic rings. The molecule has 1 aromatic carbocycles. The molecule has 21 heavy (non-hydrogen) atoms. The number of anilines is 1. The predicted molar refractivity (Wildman–Crippen MR) is 78.4 cm³/mol. The van der Waals surface area contributed by atoms with Crippen LogP contribution < -0.4 is 10.6 Å². The summed E-state index contributed by atoms with van der Waals surface area (Å²) in [7, 11) is 0. The van der Waals surface area contributed by atoms with E-state index < -0.39 is 5.97 Å². The molecule has 0 bridgehead atoms. The van der Waals surface area contributed by atoms with Gasteiger partial charge in [0.1, 0.15) is 0 Å². The van der Waals surface area contributed by atoms with Gasteiger partial charge in [-0.2, -0.15) is 0 Å². The highest BCUT2D eigenvalue weighted by molar-refractivity contribution is 5.89. The van der Waals surface area contributed by atoms with Crippen LogP contribution in [0.3, 0.4) is 0 Å². The van der Waals surface area contributed by atoms with Gasteiger partial charge in [0.15, 0.2) is 0 Å². The lowest BCUT2D eigenvalue weighted by Gasteiger charge is -2.27. The summed E-state index contributed by atoms with van der Waals surface area (Å²) in [4.78, 5) is 22.6. The van der Waals surface area contributed by atoms with Crippen molar-refractivity contribution in [3.63, 3.8) is 0 Å². The number of urea groups is 1. The van der Waals surface area contributed by atoms with E-state index in [1.54, 1.807) is 24.3 Å². The normalized spacial score (nSPS) is 21.6. The van der Waals surface area contributed by atoms with Gasteiger partial charge in [-0.05, 0) is 37.5 Å². The molecule has 6 nitrogen and oxygen atoms in total. The van der Waals surface area contributed by atoms with Gasteiger partial charge in [-0.3, -0.25) is 4.79 Å². The van der Waals surface area contributed by atoms with Crippen LogP contribution in [0.5, 0.6) is 0 Å². The fraction of sp³-hybridized carbons (Fsp3) is 0.467. The number of aliphatic carboxylic acids is 1. The zero-order valence-corrected chi connectivity index (χ0v) is 12.0. The summed E-state index contributed by atoms with van der Waals surface area (Å²) in [6, 6.07) is 6.68. The molecule has 2 atom stereocenters. The van der Waals surface area contributed by atoms with E-state index in [-0.39, 0.29) is 24.6 Å². The van der Waals surface area contributed by atoms with Crippen LogP contribution in [0.4, 0.5) is 10.5 Å². The molecule has 6 heteroatoms. The second-order valence-corrected chi connectivity index (χ2v) is 5.27. The third-order valence-corrected chi connectivity index (χ3v) is 3.36. The zero-order valence-electron chi connectivity index (χ0n) is 12.0. The van der Waals surface area contributed by atoms with Gasteiger partial charge < -0.3 is 20.5 Å². The monoisotopic (exact) mass is 292 g/mol. The zero-order chi connectivity index (χ0) is 15.2. The lowest BCUT2D eigenvalue weighted by atomic mass is 10.0. The van der Waals surface area contributed by atoms with Crippen LogP contribution in [0.15, 0.2) is 24.3 Å². The van der Waals surface area contributed by atoms with Crippen LogP contribution in [0.25, 0.3) is 0 Å². The molecular formula is C15H20N2O4. The second-order valence-electron chi connectivity index (χ2n) is 5.27. The van der Waals surface area contributed by atoms with E-state index >= 15 is 0 Å². The number of benzene rings is 1. The Kier molecular flexibility index (Phi) is 5.16. The first-order chi connectivity index (χ1) is 10.0. The number of rotatable bonds is 4. The molecule has 2 unspecified atom stereocenters. The molecule has 1 saturated heterocycles. The average Bonchev–Trinajstić information content (AvgIpc) is 2.37. The van der Waals surface area contributed by atoms with Gasteiger partial charge in [0.25, 0.3) is 0 Å². The molecule has 0 saturated carbocycles. The standard InChI is InChI=1S/C15H20N2O4/c1-10-7-13(5-6-21-10)17-15(20)16-12-4-2-3-11(8-12)9-14(18)19/h2-4,8,10,13H,5-7,9H2,1H3,(H,18,19)(H2,16,17,20). The summed E-state index contributed by atoms with van der Waals surface area (Å²) in [6.45, 7) is 2.64. The minimum Gasteiger partial charge on any atom is -0.481 e. The van der Waals surface area contributed by atoms with Crippen LogP contribution in [0.2, 0.25) is 0 Å². The first-order valence-corrected chi connectivity index (χ1v) is 7.03. The van der Waals surface area contributed by atoms with Crippen molar-refractivity contribution < 1.29 is 19.4 Å². The SMILES string of the molecule is CC1CC(NC(=O)Nc2cccc(CC(=O)O)c2)CCO1.